The fraction of sp³-hybridized carbons (Fsp3) is 0.226. The quantitative estimate of drug-likeness (QED) is 0.161. The molecule has 192 valence electrons. The Morgan fingerprint density at radius 3 is 1.86 bits per heavy atom. The number of rotatable bonds is 9. The predicted octanol–water partition coefficient (Wildman–Crippen LogP) is 9.61. The van der Waals surface area contributed by atoms with Crippen molar-refractivity contribution in [3.63, 3.8) is 0 Å². The summed E-state index contributed by atoms with van der Waals surface area (Å²) in [6.45, 7) is 3.91. The molecule has 0 unspecified atom stereocenters. The molecule has 0 N–H and O–H groups in total. The summed E-state index contributed by atoms with van der Waals surface area (Å²) < 4.78 is 78.4. The summed E-state index contributed by atoms with van der Waals surface area (Å²) in [6.07, 6.45) is 0.115. The number of halogens is 5. The van der Waals surface area contributed by atoms with E-state index in [0.717, 1.165) is 36.8 Å². The molecule has 1 nitrogen and oxygen atoms in total. The fourth-order valence-corrected chi connectivity index (χ4v) is 4.18. The van der Waals surface area contributed by atoms with Crippen LogP contribution in [-0.2, 0) is 12.5 Å². The van der Waals surface area contributed by atoms with Gasteiger partial charge in [-0.3, -0.25) is 0 Å². The maximum Gasteiger partial charge on any atom is 0.432 e. The van der Waals surface area contributed by atoms with Gasteiger partial charge >= 0.3 is 6.11 Å². The standard InChI is InChI=1S/C31H27F5O/c1-3-4-5-6-21-9-11-22(12-10-21)23-13-16-26(27(32)17-23)24-18-28(33)30(29(34)19-24)31(35,36)37-25-14-7-20(2)8-15-25/h7-19H,3-6H2,1-2H3. The second-order valence-corrected chi connectivity index (χ2v) is 9.10. The highest BCUT2D eigenvalue weighted by molar-refractivity contribution is 5.71. The smallest absolute Gasteiger partial charge is 0.429 e. The van der Waals surface area contributed by atoms with Crippen molar-refractivity contribution in [2.45, 2.75) is 45.6 Å². The molecule has 0 fully saturated rings. The van der Waals surface area contributed by atoms with E-state index in [1.807, 2.05) is 24.3 Å². The van der Waals surface area contributed by atoms with E-state index in [1.165, 1.54) is 42.0 Å². The van der Waals surface area contributed by atoms with Gasteiger partial charge in [-0.15, -0.1) is 0 Å². The Morgan fingerprint density at radius 2 is 1.27 bits per heavy atom. The summed E-state index contributed by atoms with van der Waals surface area (Å²) in [4.78, 5) is 0. The summed E-state index contributed by atoms with van der Waals surface area (Å²) in [7, 11) is 0. The van der Waals surface area contributed by atoms with E-state index >= 15 is 4.39 Å². The molecule has 0 bridgehead atoms. The zero-order valence-electron chi connectivity index (χ0n) is 20.6. The number of benzene rings is 4. The topological polar surface area (TPSA) is 9.23 Å². The lowest BCUT2D eigenvalue weighted by Gasteiger charge is -2.20. The molecule has 6 heteroatoms. The molecule has 4 aromatic carbocycles. The van der Waals surface area contributed by atoms with Crippen LogP contribution in [0.5, 0.6) is 5.75 Å². The number of unbranched alkanes of at least 4 members (excludes halogenated alkanes) is 2. The summed E-state index contributed by atoms with van der Waals surface area (Å²) in [5.74, 6) is -4.03. The molecule has 0 heterocycles. The fourth-order valence-electron chi connectivity index (χ4n) is 4.18. The first-order chi connectivity index (χ1) is 17.7. The van der Waals surface area contributed by atoms with Gasteiger partial charge < -0.3 is 4.74 Å². The lowest BCUT2D eigenvalue weighted by Crippen LogP contribution is -2.25. The van der Waals surface area contributed by atoms with Gasteiger partial charge in [-0.05, 0) is 72.4 Å². The first-order valence-corrected chi connectivity index (χ1v) is 12.2. The maximum absolute atomic E-state index is 15.0. The van der Waals surface area contributed by atoms with Crippen LogP contribution in [0, 0.1) is 24.4 Å². The molecule has 0 aromatic heterocycles. The van der Waals surface area contributed by atoms with Gasteiger partial charge in [-0.2, -0.15) is 8.78 Å². The Bertz CT molecular complexity index is 1340. The van der Waals surface area contributed by atoms with Gasteiger partial charge in [0.25, 0.3) is 0 Å². The molecule has 0 atom stereocenters. The normalized spacial score (nSPS) is 11.5. The van der Waals surface area contributed by atoms with Crippen molar-refractivity contribution in [2.24, 2.45) is 0 Å². The van der Waals surface area contributed by atoms with Gasteiger partial charge in [-0.25, -0.2) is 13.2 Å². The molecular formula is C31H27F5O. The van der Waals surface area contributed by atoms with Crippen molar-refractivity contribution in [2.75, 3.05) is 0 Å². The van der Waals surface area contributed by atoms with Crippen LogP contribution >= 0.6 is 0 Å². The predicted molar refractivity (Wildman–Crippen MR) is 136 cm³/mol. The Hall–Kier alpha value is -3.67. The zero-order chi connectivity index (χ0) is 26.6. The van der Waals surface area contributed by atoms with Crippen LogP contribution in [-0.4, -0.2) is 0 Å². The second-order valence-electron chi connectivity index (χ2n) is 9.10. The van der Waals surface area contributed by atoms with E-state index in [2.05, 4.69) is 11.7 Å². The molecule has 4 rings (SSSR count). The Balaban J connectivity index is 1.57. The molecule has 37 heavy (non-hydrogen) atoms. The summed E-state index contributed by atoms with van der Waals surface area (Å²) in [5, 5.41) is 0. The molecule has 0 radical (unpaired) electrons. The molecular weight excluding hydrogens is 483 g/mol. The minimum atomic E-state index is -4.27. The van der Waals surface area contributed by atoms with E-state index in [-0.39, 0.29) is 16.9 Å². The zero-order valence-corrected chi connectivity index (χ0v) is 20.6. The van der Waals surface area contributed by atoms with Crippen molar-refractivity contribution in [1.82, 2.24) is 0 Å². The number of ether oxygens (including phenoxy) is 1. The van der Waals surface area contributed by atoms with Gasteiger partial charge in [0.05, 0.1) is 0 Å². The highest BCUT2D eigenvalue weighted by Crippen LogP contribution is 2.38. The highest BCUT2D eigenvalue weighted by Gasteiger charge is 2.41. The van der Waals surface area contributed by atoms with E-state index in [1.54, 1.807) is 13.0 Å². The van der Waals surface area contributed by atoms with Gasteiger partial charge in [0.15, 0.2) is 0 Å². The number of hydrogen-bond acceptors (Lipinski definition) is 1. The minimum Gasteiger partial charge on any atom is -0.429 e. The molecule has 4 aromatic rings. The van der Waals surface area contributed by atoms with E-state index in [4.69, 9.17) is 0 Å². The second kappa shape index (κ2) is 11.2. The number of hydrogen-bond donors (Lipinski definition) is 0. The Labute approximate surface area is 213 Å². The van der Waals surface area contributed by atoms with Gasteiger partial charge in [0, 0.05) is 5.56 Å². The third-order valence-electron chi connectivity index (χ3n) is 6.24. The SMILES string of the molecule is CCCCCc1ccc(-c2ccc(-c3cc(F)c(C(F)(F)Oc4ccc(C)cc4)c(F)c3)c(F)c2)cc1. The maximum atomic E-state index is 15.0. The number of alkyl halides is 2. The van der Waals surface area contributed by atoms with Crippen LogP contribution in [0.3, 0.4) is 0 Å². The number of aryl methyl sites for hydroxylation is 2. The molecule has 0 saturated carbocycles. The third-order valence-corrected chi connectivity index (χ3v) is 6.24. The first-order valence-electron chi connectivity index (χ1n) is 12.2. The van der Waals surface area contributed by atoms with Crippen LogP contribution in [0.25, 0.3) is 22.3 Å². The van der Waals surface area contributed by atoms with Gasteiger partial charge in [0.2, 0.25) is 0 Å². The summed E-state index contributed by atoms with van der Waals surface area (Å²) >= 11 is 0. The Kier molecular flexibility index (Phi) is 7.96. The largest absolute Gasteiger partial charge is 0.432 e. The average molecular weight is 511 g/mol. The van der Waals surface area contributed by atoms with Crippen molar-refractivity contribution >= 4 is 0 Å². The van der Waals surface area contributed by atoms with Crippen LogP contribution in [0.2, 0.25) is 0 Å². The molecule has 0 spiro atoms. The molecule has 0 aliphatic rings. The van der Waals surface area contributed by atoms with Crippen LogP contribution in [0.1, 0.15) is 42.9 Å². The van der Waals surface area contributed by atoms with Gasteiger partial charge in [-0.1, -0.05) is 73.9 Å². The third kappa shape index (κ3) is 6.19. The molecule has 0 amide bonds. The summed E-state index contributed by atoms with van der Waals surface area (Å²) in [5.41, 5.74) is 1.57. The Morgan fingerprint density at radius 1 is 0.676 bits per heavy atom. The minimum absolute atomic E-state index is 0.105. The van der Waals surface area contributed by atoms with Gasteiger partial charge in [0.1, 0.15) is 28.8 Å². The van der Waals surface area contributed by atoms with Crippen LogP contribution in [0.15, 0.2) is 78.9 Å². The van der Waals surface area contributed by atoms with Crippen molar-refractivity contribution in [3.05, 3.63) is 113 Å². The van der Waals surface area contributed by atoms with E-state index in [9.17, 15) is 17.6 Å². The molecule has 0 saturated heterocycles. The van der Waals surface area contributed by atoms with Crippen LogP contribution in [0.4, 0.5) is 22.0 Å². The van der Waals surface area contributed by atoms with Crippen molar-refractivity contribution in [3.8, 4) is 28.0 Å². The lowest BCUT2D eigenvalue weighted by molar-refractivity contribution is -0.189. The summed E-state index contributed by atoms with van der Waals surface area (Å²) in [6, 6.07) is 19.1. The molecule has 0 aliphatic carbocycles. The molecule has 0 aliphatic heterocycles. The van der Waals surface area contributed by atoms with E-state index in [0.29, 0.717) is 17.7 Å². The van der Waals surface area contributed by atoms with Crippen LogP contribution < -0.4 is 4.74 Å². The van der Waals surface area contributed by atoms with Crippen molar-refractivity contribution < 1.29 is 26.7 Å². The first kappa shape index (κ1) is 26.4. The van der Waals surface area contributed by atoms with E-state index < -0.39 is 29.1 Å². The lowest BCUT2D eigenvalue weighted by atomic mass is 9.97. The average Bonchev–Trinajstić information content (AvgIpc) is 2.85. The monoisotopic (exact) mass is 510 g/mol. The van der Waals surface area contributed by atoms with Crippen molar-refractivity contribution in [1.29, 1.82) is 0 Å². The highest BCUT2D eigenvalue weighted by atomic mass is 19.3.